The maximum absolute atomic E-state index is 5.93. The number of aromatic nitrogens is 2. The minimum Gasteiger partial charge on any atom is -0.314 e. The molecule has 0 amide bonds. The van der Waals surface area contributed by atoms with Gasteiger partial charge in [0, 0.05) is 12.7 Å². The van der Waals surface area contributed by atoms with Gasteiger partial charge in [0.2, 0.25) is 0 Å². The lowest BCUT2D eigenvalue weighted by atomic mass is 10.3. The average molecular weight is 210 g/mol. The van der Waals surface area contributed by atoms with Crippen LogP contribution in [0.1, 0.15) is 11.4 Å². The summed E-state index contributed by atoms with van der Waals surface area (Å²) in [6.45, 7) is 2.81. The normalized spacial score (nSPS) is 11.1. The summed E-state index contributed by atoms with van der Waals surface area (Å²) in [5.41, 5.74) is 3.14. The molecular weight excluding hydrogens is 198 g/mol. The Morgan fingerprint density at radius 3 is 3.00 bits per heavy atom. The van der Waals surface area contributed by atoms with E-state index >= 15 is 0 Å². The molecule has 3 nitrogen and oxygen atoms in total. The van der Waals surface area contributed by atoms with Crippen LogP contribution in [0.4, 0.5) is 0 Å². The molecule has 0 aliphatic rings. The van der Waals surface area contributed by atoms with E-state index in [2.05, 4.69) is 10.3 Å². The van der Waals surface area contributed by atoms with Crippen LogP contribution in [0.5, 0.6) is 0 Å². The number of pyridine rings is 1. The van der Waals surface area contributed by atoms with Crippen LogP contribution in [0.2, 0.25) is 5.02 Å². The molecule has 2 heterocycles. The van der Waals surface area contributed by atoms with Crippen LogP contribution < -0.4 is 5.32 Å². The zero-order chi connectivity index (χ0) is 10.1. The average Bonchev–Trinajstić information content (AvgIpc) is 2.45. The van der Waals surface area contributed by atoms with E-state index in [1.165, 1.54) is 0 Å². The molecule has 1 N–H and O–H groups in total. The highest BCUT2D eigenvalue weighted by atomic mass is 35.5. The lowest BCUT2D eigenvalue weighted by Crippen LogP contribution is -2.08. The Balaban J connectivity index is 2.66. The Kier molecular flexibility index (Phi) is 2.44. The third kappa shape index (κ3) is 1.49. The highest BCUT2D eigenvalue weighted by Crippen LogP contribution is 2.15. The molecule has 0 aromatic carbocycles. The van der Waals surface area contributed by atoms with Crippen molar-refractivity contribution in [3.05, 3.63) is 34.7 Å². The molecule has 2 rings (SSSR count). The summed E-state index contributed by atoms with van der Waals surface area (Å²) in [7, 11) is 1.92. The number of nitrogens with one attached hydrogen (secondary N) is 1. The SMILES string of the molecule is CNCc1c(C)nc2ccc(Cl)cn12. The van der Waals surface area contributed by atoms with E-state index in [1.54, 1.807) is 0 Å². The molecular formula is C10H12ClN3. The van der Waals surface area contributed by atoms with Gasteiger partial charge in [0.05, 0.1) is 16.4 Å². The third-order valence-electron chi connectivity index (χ3n) is 2.23. The number of hydrogen-bond donors (Lipinski definition) is 1. The van der Waals surface area contributed by atoms with E-state index in [9.17, 15) is 0 Å². The Morgan fingerprint density at radius 2 is 2.29 bits per heavy atom. The molecule has 0 saturated heterocycles. The zero-order valence-electron chi connectivity index (χ0n) is 8.21. The topological polar surface area (TPSA) is 29.3 Å². The first-order valence-electron chi connectivity index (χ1n) is 4.50. The van der Waals surface area contributed by atoms with Crippen LogP contribution >= 0.6 is 11.6 Å². The van der Waals surface area contributed by atoms with Gasteiger partial charge in [0.25, 0.3) is 0 Å². The monoisotopic (exact) mass is 209 g/mol. The molecule has 4 heteroatoms. The first kappa shape index (κ1) is 9.49. The van der Waals surface area contributed by atoms with Gasteiger partial charge in [-0.3, -0.25) is 0 Å². The molecule has 14 heavy (non-hydrogen) atoms. The quantitative estimate of drug-likeness (QED) is 0.820. The summed E-state index contributed by atoms with van der Waals surface area (Å²) in [4.78, 5) is 4.44. The molecule has 0 spiro atoms. The van der Waals surface area contributed by atoms with Crippen LogP contribution in [-0.2, 0) is 6.54 Å². The molecule has 2 aromatic rings. The van der Waals surface area contributed by atoms with Gasteiger partial charge < -0.3 is 9.72 Å². The molecule has 2 aromatic heterocycles. The second kappa shape index (κ2) is 3.59. The Labute approximate surface area is 87.7 Å². The largest absolute Gasteiger partial charge is 0.314 e. The van der Waals surface area contributed by atoms with Crippen LogP contribution in [0, 0.1) is 6.92 Å². The highest BCUT2D eigenvalue weighted by molar-refractivity contribution is 6.30. The van der Waals surface area contributed by atoms with E-state index in [4.69, 9.17) is 11.6 Å². The van der Waals surface area contributed by atoms with E-state index in [0.717, 1.165) is 28.6 Å². The molecule has 0 saturated carbocycles. The molecule has 74 valence electrons. The number of rotatable bonds is 2. The van der Waals surface area contributed by atoms with Gasteiger partial charge in [0.15, 0.2) is 0 Å². The zero-order valence-corrected chi connectivity index (χ0v) is 8.97. The Hall–Kier alpha value is -1.06. The standard InChI is InChI=1S/C10H12ClN3/c1-7-9(5-12-2)14-6-8(11)3-4-10(14)13-7/h3-4,6,12H,5H2,1-2H3. The predicted octanol–water partition coefficient (Wildman–Crippen LogP) is 2.02. The fourth-order valence-electron chi connectivity index (χ4n) is 1.57. The summed E-state index contributed by atoms with van der Waals surface area (Å²) in [5.74, 6) is 0. The molecule has 0 unspecified atom stereocenters. The van der Waals surface area contributed by atoms with Gasteiger partial charge in [-0.2, -0.15) is 0 Å². The lowest BCUT2D eigenvalue weighted by molar-refractivity contribution is 0.775. The molecule has 0 fully saturated rings. The fourth-order valence-corrected chi connectivity index (χ4v) is 1.73. The Bertz CT molecular complexity index is 462. The maximum atomic E-state index is 5.93. The van der Waals surface area contributed by atoms with E-state index in [1.807, 2.05) is 36.7 Å². The lowest BCUT2D eigenvalue weighted by Gasteiger charge is -2.01. The number of fused-ring (bicyclic) bond motifs is 1. The van der Waals surface area contributed by atoms with Crippen LogP contribution in [0.25, 0.3) is 5.65 Å². The van der Waals surface area contributed by atoms with Crippen molar-refractivity contribution in [3.63, 3.8) is 0 Å². The predicted molar refractivity (Wildman–Crippen MR) is 57.7 cm³/mol. The number of halogens is 1. The van der Waals surface area contributed by atoms with Gasteiger partial charge in [-0.1, -0.05) is 11.6 Å². The first-order chi connectivity index (χ1) is 6.72. The van der Waals surface area contributed by atoms with E-state index in [0.29, 0.717) is 0 Å². The summed E-state index contributed by atoms with van der Waals surface area (Å²) in [6, 6.07) is 3.78. The summed E-state index contributed by atoms with van der Waals surface area (Å²) >= 11 is 5.93. The van der Waals surface area contributed by atoms with Gasteiger partial charge in [0.1, 0.15) is 5.65 Å². The molecule has 0 bridgehead atoms. The van der Waals surface area contributed by atoms with Gasteiger partial charge in [-0.05, 0) is 26.1 Å². The van der Waals surface area contributed by atoms with Gasteiger partial charge >= 0.3 is 0 Å². The minimum atomic E-state index is 0.729. The third-order valence-corrected chi connectivity index (χ3v) is 2.45. The van der Waals surface area contributed by atoms with E-state index in [-0.39, 0.29) is 0 Å². The maximum Gasteiger partial charge on any atom is 0.137 e. The smallest absolute Gasteiger partial charge is 0.137 e. The summed E-state index contributed by atoms with van der Waals surface area (Å²) in [5, 5.41) is 3.85. The van der Waals surface area contributed by atoms with Crippen molar-refractivity contribution in [2.45, 2.75) is 13.5 Å². The van der Waals surface area contributed by atoms with Crippen molar-refractivity contribution in [1.82, 2.24) is 14.7 Å². The number of aryl methyl sites for hydroxylation is 1. The molecule has 0 aliphatic carbocycles. The first-order valence-corrected chi connectivity index (χ1v) is 4.88. The van der Waals surface area contributed by atoms with Crippen molar-refractivity contribution in [2.75, 3.05) is 7.05 Å². The van der Waals surface area contributed by atoms with Crippen molar-refractivity contribution in [3.8, 4) is 0 Å². The number of imidazole rings is 1. The summed E-state index contributed by atoms with van der Waals surface area (Å²) in [6.07, 6.45) is 1.89. The highest BCUT2D eigenvalue weighted by Gasteiger charge is 2.07. The second-order valence-electron chi connectivity index (χ2n) is 3.25. The summed E-state index contributed by atoms with van der Waals surface area (Å²) < 4.78 is 2.02. The van der Waals surface area contributed by atoms with Crippen LogP contribution in [0.15, 0.2) is 18.3 Å². The van der Waals surface area contributed by atoms with Crippen molar-refractivity contribution < 1.29 is 0 Å². The van der Waals surface area contributed by atoms with Crippen LogP contribution in [-0.4, -0.2) is 16.4 Å². The molecule has 0 aliphatic heterocycles. The van der Waals surface area contributed by atoms with Crippen molar-refractivity contribution in [2.24, 2.45) is 0 Å². The van der Waals surface area contributed by atoms with Crippen molar-refractivity contribution >= 4 is 17.2 Å². The van der Waals surface area contributed by atoms with Gasteiger partial charge in [-0.15, -0.1) is 0 Å². The Morgan fingerprint density at radius 1 is 1.50 bits per heavy atom. The van der Waals surface area contributed by atoms with Crippen molar-refractivity contribution in [1.29, 1.82) is 0 Å². The minimum absolute atomic E-state index is 0.729. The number of hydrogen-bond acceptors (Lipinski definition) is 2. The van der Waals surface area contributed by atoms with Gasteiger partial charge in [-0.25, -0.2) is 4.98 Å². The fraction of sp³-hybridized carbons (Fsp3) is 0.300. The number of nitrogens with zero attached hydrogens (tertiary/aromatic N) is 2. The second-order valence-corrected chi connectivity index (χ2v) is 3.69. The molecule has 0 radical (unpaired) electrons. The molecule has 0 atom stereocenters. The van der Waals surface area contributed by atoms with E-state index < -0.39 is 0 Å². The van der Waals surface area contributed by atoms with Crippen LogP contribution in [0.3, 0.4) is 0 Å².